The average molecular weight is 244 g/mol. The van der Waals surface area contributed by atoms with Gasteiger partial charge in [0.05, 0.1) is 6.61 Å². The van der Waals surface area contributed by atoms with E-state index in [-0.39, 0.29) is 24.0 Å². The summed E-state index contributed by atoms with van der Waals surface area (Å²) in [5.74, 6) is 0.0534. The quantitative estimate of drug-likeness (QED) is 0.711. The molecule has 102 valence electrons. The van der Waals surface area contributed by atoms with Crippen LogP contribution in [-0.4, -0.2) is 41.7 Å². The highest BCUT2D eigenvalue weighted by Crippen LogP contribution is 2.21. The van der Waals surface area contributed by atoms with Crippen molar-refractivity contribution in [1.29, 1.82) is 0 Å². The summed E-state index contributed by atoms with van der Waals surface area (Å²) < 4.78 is 0. The second-order valence-electron chi connectivity index (χ2n) is 5.83. The van der Waals surface area contributed by atoms with Gasteiger partial charge in [-0.25, -0.2) is 0 Å². The van der Waals surface area contributed by atoms with Crippen molar-refractivity contribution in [3.05, 3.63) is 0 Å². The largest absolute Gasteiger partial charge is 0.395 e. The normalized spacial score (nSPS) is 13.5. The van der Waals surface area contributed by atoms with Crippen LogP contribution in [0.3, 0.4) is 0 Å². The van der Waals surface area contributed by atoms with Gasteiger partial charge in [-0.05, 0) is 18.3 Å². The summed E-state index contributed by atoms with van der Waals surface area (Å²) in [6, 6.07) is -0.0967. The molecule has 0 aliphatic carbocycles. The van der Waals surface area contributed by atoms with Crippen molar-refractivity contribution in [2.24, 2.45) is 11.1 Å². The highest BCUT2D eigenvalue weighted by atomic mass is 16.3. The molecule has 0 aromatic heterocycles. The van der Waals surface area contributed by atoms with Gasteiger partial charge in [0.2, 0.25) is 5.91 Å². The third-order valence-corrected chi connectivity index (χ3v) is 2.53. The van der Waals surface area contributed by atoms with E-state index in [9.17, 15) is 4.79 Å². The minimum atomic E-state index is -0.0967. The van der Waals surface area contributed by atoms with Gasteiger partial charge in [0.25, 0.3) is 0 Å². The molecule has 4 heteroatoms. The molecule has 0 aromatic carbocycles. The van der Waals surface area contributed by atoms with Crippen LogP contribution in [0.2, 0.25) is 0 Å². The van der Waals surface area contributed by atoms with Crippen molar-refractivity contribution >= 4 is 5.91 Å². The maximum absolute atomic E-state index is 12.0. The van der Waals surface area contributed by atoms with Crippen molar-refractivity contribution in [1.82, 2.24) is 4.90 Å². The lowest BCUT2D eigenvalue weighted by Crippen LogP contribution is -2.39. The lowest BCUT2D eigenvalue weighted by Gasteiger charge is -2.26. The zero-order valence-electron chi connectivity index (χ0n) is 11.7. The molecular weight excluding hydrogens is 216 g/mol. The van der Waals surface area contributed by atoms with Gasteiger partial charge in [-0.1, -0.05) is 27.7 Å². The van der Waals surface area contributed by atoms with Crippen LogP contribution in [0.5, 0.6) is 0 Å². The fraction of sp³-hybridized carbons (Fsp3) is 0.923. The number of rotatable bonds is 7. The Morgan fingerprint density at radius 2 is 1.94 bits per heavy atom. The first-order valence-electron chi connectivity index (χ1n) is 6.44. The number of carbonyl (C=O) groups is 1. The number of hydrogen-bond acceptors (Lipinski definition) is 3. The molecule has 3 N–H and O–H groups in total. The molecule has 0 rings (SSSR count). The van der Waals surface area contributed by atoms with Crippen molar-refractivity contribution < 1.29 is 9.90 Å². The maximum Gasteiger partial charge on any atom is 0.224 e. The van der Waals surface area contributed by atoms with Gasteiger partial charge in [0.15, 0.2) is 0 Å². The summed E-state index contributed by atoms with van der Waals surface area (Å²) in [6.07, 6.45) is 2.11. The lowest BCUT2D eigenvalue weighted by molar-refractivity contribution is -0.132. The molecule has 1 unspecified atom stereocenters. The predicted octanol–water partition coefficient (Wildman–Crippen LogP) is 1.37. The Morgan fingerprint density at radius 3 is 2.35 bits per heavy atom. The van der Waals surface area contributed by atoms with Crippen molar-refractivity contribution in [2.45, 2.75) is 53.0 Å². The Kier molecular flexibility index (Phi) is 7.39. The van der Waals surface area contributed by atoms with Crippen LogP contribution in [0.4, 0.5) is 0 Å². The second kappa shape index (κ2) is 7.67. The van der Waals surface area contributed by atoms with Crippen molar-refractivity contribution in [3.63, 3.8) is 0 Å². The molecule has 0 bridgehead atoms. The van der Waals surface area contributed by atoms with Crippen molar-refractivity contribution in [2.75, 3.05) is 19.7 Å². The van der Waals surface area contributed by atoms with E-state index >= 15 is 0 Å². The van der Waals surface area contributed by atoms with Gasteiger partial charge in [0, 0.05) is 25.6 Å². The number of carbonyl (C=O) groups excluding carboxylic acids is 1. The number of amides is 1. The molecule has 1 atom stereocenters. The fourth-order valence-corrected chi connectivity index (χ4v) is 1.96. The summed E-state index contributed by atoms with van der Waals surface area (Å²) in [4.78, 5) is 13.7. The van der Waals surface area contributed by atoms with Crippen LogP contribution < -0.4 is 5.73 Å². The first-order valence-corrected chi connectivity index (χ1v) is 6.44. The Bertz CT molecular complexity index is 218. The van der Waals surface area contributed by atoms with E-state index in [0.717, 1.165) is 12.8 Å². The molecule has 0 aromatic rings. The first-order chi connectivity index (χ1) is 7.80. The van der Waals surface area contributed by atoms with Gasteiger partial charge in [0.1, 0.15) is 0 Å². The molecule has 0 saturated heterocycles. The summed E-state index contributed by atoms with van der Waals surface area (Å²) in [5.41, 5.74) is 6.13. The van der Waals surface area contributed by atoms with Crippen molar-refractivity contribution in [3.8, 4) is 0 Å². The number of hydrogen-bond donors (Lipinski definition) is 2. The monoisotopic (exact) mass is 244 g/mol. The highest BCUT2D eigenvalue weighted by molar-refractivity contribution is 5.76. The van der Waals surface area contributed by atoms with Crippen LogP contribution in [0, 0.1) is 5.41 Å². The molecule has 0 aliphatic heterocycles. The number of nitrogens with zero attached hydrogens (tertiary/aromatic N) is 1. The zero-order chi connectivity index (χ0) is 13.5. The summed E-state index contributed by atoms with van der Waals surface area (Å²) in [5, 5.41) is 8.91. The molecule has 0 radical (unpaired) electrons. The van der Waals surface area contributed by atoms with Gasteiger partial charge in [-0.3, -0.25) is 4.79 Å². The average Bonchev–Trinajstić information content (AvgIpc) is 2.14. The number of nitrogens with two attached hydrogens (primary N) is 1. The Morgan fingerprint density at radius 1 is 1.35 bits per heavy atom. The number of aliphatic hydroxyl groups excluding tert-OH is 1. The minimum absolute atomic E-state index is 0.0141. The van der Waals surface area contributed by atoms with E-state index in [0.29, 0.717) is 19.5 Å². The minimum Gasteiger partial charge on any atom is -0.395 e. The van der Waals surface area contributed by atoms with E-state index in [4.69, 9.17) is 10.8 Å². The zero-order valence-corrected chi connectivity index (χ0v) is 11.7. The standard InChI is InChI=1S/C13H28N2O2/c1-5-6-15(7-8-16)12(17)9-11(14)10-13(2,3)4/h11,16H,5-10,14H2,1-4H3. The first kappa shape index (κ1) is 16.4. The van der Waals surface area contributed by atoms with Gasteiger partial charge in [-0.15, -0.1) is 0 Å². The van der Waals surface area contributed by atoms with Gasteiger partial charge >= 0.3 is 0 Å². The van der Waals surface area contributed by atoms with E-state index < -0.39 is 0 Å². The third kappa shape index (κ3) is 8.16. The Balaban J connectivity index is 4.19. The topological polar surface area (TPSA) is 66.6 Å². The van der Waals surface area contributed by atoms with E-state index in [1.807, 2.05) is 6.92 Å². The molecule has 0 saturated carbocycles. The lowest BCUT2D eigenvalue weighted by atomic mass is 9.87. The molecule has 0 fully saturated rings. The van der Waals surface area contributed by atoms with Crippen LogP contribution >= 0.6 is 0 Å². The van der Waals surface area contributed by atoms with Crippen LogP contribution in [0.1, 0.15) is 47.0 Å². The molecule has 17 heavy (non-hydrogen) atoms. The summed E-state index contributed by atoms with van der Waals surface area (Å²) >= 11 is 0. The predicted molar refractivity (Wildman–Crippen MR) is 70.6 cm³/mol. The SMILES string of the molecule is CCCN(CCO)C(=O)CC(N)CC(C)(C)C. The van der Waals surface area contributed by atoms with E-state index in [1.165, 1.54) is 0 Å². The van der Waals surface area contributed by atoms with Crippen LogP contribution in [0.15, 0.2) is 0 Å². The van der Waals surface area contributed by atoms with Crippen LogP contribution in [-0.2, 0) is 4.79 Å². The van der Waals surface area contributed by atoms with Crippen LogP contribution in [0.25, 0.3) is 0 Å². The fourth-order valence-electron chi connectivity index (χ4n) is 1.96. The van der Waals surface area contributed by atoms with Gasteiger partial charge < -0.3 is 15.7 Å². The van der Waals surface area contributed by atoms with E-state index in [1.54, 1.807) is 4.90 Å². The third-order valence-electron chi connectivity index (χ3n) is 2.53. The van der Waals surface area contributed by atoms with Gasteiger partial charge in [-0.2, -0.15) is 0 Å². The molecule has 0 spiro atoms. The summed E-state index contributed by atoms with van der Waals surface area (Å²) in [7, 11) is 0. The molecule has 1 amide bonds. The van der Waals surface area contributed by atoms with E-state index in [2.05, 4.69) is 20.8 Å². The maximum atomic E-state index is 12.0. The molecular formula is C13H28N2O2. The number of aliphatic hydroxyl groups is 1. The second-order valence-corrected chi connectivity index (χ2v) is 5.83. The molecule has 0 heterocycles. The molecule has 4 nitrogen and oxygen atoms in total. The molecule has 0 aliphatic rings. The summed E-state index contributed by atoms with van der Waals surface area (Å²) in [6.45, 7) is 9.50. The smallest absolute Gasteiger partial charge is 0.224 e. The highest BCUT2D eigenvalue weighted by Gasteiger charge is 2.20. The Hall–Kier alpha value is -0.610. The Labute approximate surface area is 105 Å².